The smallest absolute Gasteiger partial charge is 0.383 e. The zero-order valence-corrected chi connectivity index (χ0v) is 17.1. The zero-order chi connectivity index (χ0) is 23.8. The summed E-state index contributed by atoms with van der Waals surface area (Å²) in [5, 5.41) is 12.5. The Morgan fingerprint density at radius 1 is 1.09 bits per heavy atom. The lowest BCUT2D eigenvalue weighted by molar-refractivity contribution is -0.137. The van der Waals surface area contributed by atoms with E-state index in [-0.39, 0.29) is 17.1 Å². The number of amides is 1. The standard InChI is InChI=1S/C23H15F3N6O/c1-12-2-3-16(32-22(33)19-7-15(4-5-29-19)23(24,25)26)8-17(12)13-6-14-11-31-21(28)18(9-27)20(14)30-10-13/h2-8,10-11H,1H3,(H2,28,31)(H,32,33). The van der Waals surface area contributed by atoms with Gasteiger partial charge in [-0.25, -0.2) is 4.98 Å². The number of fused-ring (bicyclic) bond motifs is 1. The van der Waals surface area contributed by atoms with Gasteiger partial charge < -0.3 is 11.1 Å². The summed E-state index contributed by atoms with van der Waals surface area (Å²) in [6.45, 7) is 1.86. The summed E-state index contributed by atoms with van der Waals surface area (Å²) in [6.07, 6.45) is -0.550. The number of aromatic nitrogens is 3. The average Bonchev–Trinajstić information content (AvgIpc) is 2.79. The van der Waals surface area contributed by atoms with Crippen molar-refractivity contribution in [1.29, 1.82) is 5.26 Å². The van der Waals surface area contributed by atoms with Crippen LogP contribution >= 0.6 is 0 Å². The van der Waals surface area contributed by atoms with E-state index in [1.54, 1.807) is 30.5 Å². The number of rotatable bonds is 3. The van der Waals surface area contributed by atoms with Gasteiger partial charge in [-0.1, -0.05) is 6.07 Å². The highest BCUT2D eigenvalue weighted by molar-refractivity contribution is 6.03. The van der Waals surface area contributed by atoms with Gasteiger partial charge in [0.15, 0.2) is 0 Å². The molecular weight excluding hydrogens is 433 g/mol. The number of nitrogen functional groups attached to an aromatic ring is 1. The molecule has 10 heteroatoms. The van der Waals surface area contributed by atoms with E-state index < -0.39 is 17.6 Å². The minimum Gasteiger partial charge on any atom is -0.383 e. The molecule has 1 amide bonds. The van der Waals surface area contributed by atoms with Crippen LogP contribution in [0.2, 0.25) is 0 Å². The first-order valence-corrected chi connectivity index (χ1v) is 9.57. The van der Waals surface area contributed by atoms with Crippen LogP contribution in [0.4, 0.5) is 24.7 Å². The number of pyridine rings is 3. The molecule has 0 atom stereocenters. The van der Waals surface area contributed by atoms with E-state index in [0.29, 0.717) is 28.2 Å². The van der Waals surface area contributed by atoms with E-state index in [9.17, 15) is 23.2 Å². The number of carbonyl (C=O) groups excluding carboxylic acids is 1. The molecule has 3 heterocycles. The highest BCUT2D eigenvalue weighted by Gasteiger charge is 2.31. The first-order chi connectivity index (χ1) is 15.7. The molecule has 0 aliphatic rings. The lowest BCUT2D eigenvalue weighted by atomic mass is 9.99. The Hall–Kier alpha value is -4.52. The van der Waals surface area contributed by atoms with Crippen molar-refractivity contribution in [2.24, 2.45) is 0 Å². The van der Waals surface area contributed by atoms with Crippen LogP contribution < -0.4 is 11.1 Å². The Labute approximate surface area is 185 Å². The Kier molecular flexibility index (Phi) is 5.39. The SMILES string of the molecule is Cc1ccc(NC(=O)c2cc(C(F)(F)F)ccn2)cc1-c1cnc2c(C#N)c(N)ncc2c1. The number of alkyl halides is 3. The fourth-order valence-electron chi connectivity index (χ4n) is 3.31. The van der Waals surface area contributed by atoms with Gasteiger partial charge in [0.25, 0.3) is 5.91 Å². The molecule has 0 aliphatic heterocycles. The lowest BCUT2D eigenvalue weighted by Crippen LogP contribution is -2.15. The van der Waals surface area contributed by atoms with Crippen molar-refractivity contribution in [2.75, 3.05) is 11.1 Å². The molecule has 164 valence electrons. The van der Waals surface area contributed by atoms with E-state index in [2.05, 4.69) is 20.3 Å². The van der Waals surface area contributed by atoms with Gasteiger partial charge in [-0.3, -0.25) is 14.8 Å². The predicted molar refractivity (Wildman–Crippen MR) is 116 cm³/mol. The summed E-state index contributed by atoms with van der Waals surface area (Å²) in [7, 11) is 0. The summed E-state index contributed by atoms with van der Waals surface area (Å²) < 4.78 is 38.8. The fourth-order valence-corrected chi connectivity index (χ4v) is 3.31. The number of anilines is 2. The molecule has 3 N–H and O–H groups in total. The molecule has 4 aromatic rings. The molecule has 0 spiro atoms. The van der Waals surface area contributed by atoms with Crippen molar-refractivity contribution < 1.29 is 18.0 Å². The van der Waals surface area contributed by atoms with Gasteiger partial charge in [0, 0.05) is 35.2 Å². The van der Waals surface area contributed by atoms with E-state index in [1.165, 1.54) is 6.20 Å². The molecule has 1 aromatic carbocycles. The van der Waals surface area contributed by atoms with E-state index in [4.69, 9.17) is 5.73 Å². The van der Waals surface area contributed by atoms with E-state index >= 15 is 0 Å². The third-order valence-electron chi connectivity index (χ3n) is 4.99. The third-order valence-corrected chi connectivity index (χ3v) is 4.99. The van der Waals surface area contributed by atoms with Crippen molar-refractivity contribution >= 4 is 28.3 Å². The second-order valence-corrected chi connectivity index (χ2v) is 7.20. The molecule has 0 bridgehead atoms. The second-order valence-electron chi connectivity index (χ2n) is 7.20. The van der Waals surface area contributed by atoms with Crippen molar-refractivity contribution in [3.63, 3.8) is 0 Å². The molecule has 33 heavy (non-hydrogen) atoms. The van der Waals surface area contributed by atoms with Gasteiger partial charge in [-0.2, -0.15) is 18.4 Å². The first-order valence-electron chi connectivity index (χ1n) is 9.57. The minimum absolute atomic E-state index is 0.0920. The van der Waals surface area contributed by atoms with Crippen LogP contribution in [0.5, 0.6) is 0 Å². The van der Waals surface area contributed by atoms with Gasteiger partial charge in [-0.15, -0.1) is 0 Å². The number of halogens is 3. The summed E-state index contributed by atoms with van der Waals surface area (Å²) in [4.78, 5) is 24.6. The third kappa shape index (κ3) is 4.29. The predicted octanol–water partition coefficient (Wildman–Crippen LogP) is 4.73. The van der Waals surface area contributed by atoms with E-state index in [1.807, 2.05) is 13.0 Å². The highest BCUT2D eigenvalue weighted by Crippen LogP contribution is 2.31. The maximum absolute atomic E-state index is 12.9. The van der Waals surface area contributed by atoms with Gasteiger partial charge in [-0.05, 0) is 48.4 Å². The van der Waals surface area contributed by atoms with Crippen molar-refractivity contribution in [3.8, 4) is 17.2 Å². The average molecular weight is 448 g/mol. The fraction of sp³-hybridized carbons (Fsp3) is 0.0870. The number of nitrogens with one attached hydrogen (secondary N) is 1. The molecule has 4 rings (SSSR count). The number of hydrogen-bond acceptors (Lipinski definition) is 6. The highest BCUT2D eigenvalue weighted by atomic mass is 19.4. The van der Waals surface area contributed by atoms with Crippen LogP contribution in [-0.2, 0) is 6.18 Å². The van der Waals surface area contributed by atoms with Gasteiger partial charge in [0.05, 0.1) is 11.1 Å². The molecular formula is C23H15F3N6O. The molecule has 7 nitrogen and oxygen atoms in total. The zero-order valence-electron chi connectivity index (χ0n) is 17.1. The number of aryl methyl sites for hydroxylation is 1. The normalized spacial score (nSPS) is 11.2. The number of nitrogens with two attached hydrogens (primary N) is 1. The van der Waals surface area contributed by atoms with Crippen LogP contribution in [0.15, 0.2) is 55.0 Å². The molecule has 0 fully saturated rings. The monoisotopic (exact) mass is 448 g/mol. The maximum atomic E-state index is 12.9. The Morgan fingerprint density at radius 2 is 1.88 bits per heavy atom. The van der Waals surface area contributed by atoms with Crippen LogP contribution in [0.1, 0.15) is 27.2 Å². The summed E-state index contributed by atoms with van der Waals surface area (Å²) >= 11 is 0. The minimum atomic E-state index is -4.58. The number of carbonyl (C=O) groups is 1. The Bertz CT molecular complexity index is 1440. The lowest BCUT2D eigenvalue weighted by Gasteiger charge is -2.12. The Balaban J connectivity index is 1.67. The first kappa shape index (κ1) is 21.7. The topological polar surface area (TPSA) is 118 Å². The molecule has 0 saturated heterocycles. The molecule has 0 unspecified atom stereocenters. The van der Waals surface area contributed by atoms with Gasteiger partial charge in [0.1, 0.15) is 23.1 Å². The number of benzene rings is 1. The number of nitriles is 1. The number of hydrogen-bond donors (Lipinski definition) is 2. The number of nitrogens with zero attached hydrogens (tertiary/aromatic N) is 4. The van der Waals surface area contributed by atoms with Crippen LogP contribution in [0.25, 0.3) is 22.0 Å². The van der Waals surface area contributed by atoms with Crippen molar-refractivity contribution in [3.05, 3.63) is 77.4 Å². The molecule has 0 aliphatic carbocycles. The summed E-state index contributed by atoms with van der Waals surface area (Å²) in [5.41, 5.74) is 7.70. The largest absolute Gasteiger partial charge is 0.416 e. The molecule has 0 saturated carbocycles. The van der Waals surface area contributed by atoms with Gasteiger partial charge >= 0.3 is 6.18 Å². The van der Waals surface area contributed by atoms with E-state index in [0.717, 1.165) is 23.4 Å². The summed E-state index contributed by atoms with van der Waals surface area (Å²) in [5.74, 6) is -0.680. The maximum Gasteiger partial charge on any atom is 0.416 e. The van der Waals surface area contributed by atoms with Crippen LogP contribution in [-0.4, -0.2) is 20.9 Å². The molecule has 0 radical (unpaired) electrons. The van der Waals surface area contributed by atoms with Crippen LogP contribution in [0, 0.1) is 18.3 Å². The van der Waals surface area contributed by atoms with Gasteiger partial charge in [0.2, 0.25) is 0 Å². The molecule has 3 aromatic heterocycles. The van der Waals surface area contributed by atoms with Crippen molar-refractivity contribution in [2.45, 2.75) is 13.1 Å². The quantitative estimate of drug-likeness (QED) is 0.468. The van der Waals surface area contributed by atoms with Crippen molar-refractivity contribution in [1.82, 2.24) is 15.0 Å². The second kappa shape index (κ2) is 8.20. The van der Waals surface area contributed by atoms with Crippen LogP contribution in [0.3, 0.4) is 0 Å². The Morgan fingerprint density at radius 3 is 2.61 bits per heavy atom. The summed E-state index contributed by atoms with van der Waals surface area (Å²) in [6, 6.07) is 10.4.